The van der Waals surface area contributed by atoms with Crippen molar-refractivity contribution >= 4 is 11.0 Å². The van der Waals surface area contributed by atoms with Crippen LogP contribution in [0, 0.1) is 0 Å². The maximum atomic E-state index is 5.50. The van der Waals surface area contributed by atoms with Crippen LogP contribution in [0.15, 0.2) is 24.3 Å². The van der Waals surface area contributed by atoms with Crippen molar-refractivity contribution in [3.05, 3.63) is 30.1 Å². The molecule has 0 aliphatic heterocycles. The first-order chi connectivity index (χ1) is 8.36. The Hall–Kier alpha value is -1.35. The second-order valence-corrected chi connectivity index (χ2v) is 4.36. The van der Waals surface area contributed by atoms with E-state index in [2.05, 4.69) is 29.7 Å². The number of nitrogens with two attached hydrogens (primary N) is 1. The van der Waals surface area contributed by atoms with Gasteiger partial charge in [0, 0.05) is 13.0 Å². The van der Waals surface area contributed by atoms with Crippen LogP contribution < -0.4 is 5.73 Å². The number of nitrogens with zero attached hydrogens (tertiary/aromatic N) is 2. The highest BCUT2D eigenvalue weighted by Gasteiger charge is 2.07. The van der Waals surface area contributed by atoms with Crippen LogP contribution in [0.2, 0.25) is 0 Å². The van der Waals surface area contributed by atoms with Crippen molar-refractivity contribution in [2.24, 2.45) is 5.73 Å². The fraction of sp³-hybridized carbons (Fsp3) is 0.500. The molecule has 0 saturated heterocycles. The molecule has 0 radical (unpaired) electrons. The Bertz CT molecular complexity index is 473. The molecule has 0 aliphatic carbocycles. The fourth-order valence-corrected chi connectivity index (χ4v) is 2.27. The summed E-state index contributed by atoms with van der Waals surface area (Å²) in [7, 11) is 0. The molecule has 1 aromatic heterocycles. The molecule has 0 bridgehead atoms. The predicted octanol–water partition coefficient (Wildman–Crippen LogP) is 2.73. The van der Waals surface area contributed by atoms with Gasteiger partial charge in [-0.1, -0.05) is 18.6 Å². The van der Waals surface area contributed by atoms with Crippen LogP contribution in [0.3, 0.4) is 0 Å². The molecule has 2 rings (SSSR count). The number of aromatic nitrogens is 2. The Labute approximate surface area is 103 Å². The fourth-order valence-electron chi connectivity index (χ4n) is 2.27. The van der Waals surface area contributed by atoms with E-state index < -0.39 is 0 Å². The highest BCUT2D eigenvalue weighted by Crippen LogP contribution is 2.17. The number of imidazole rings is 1. The lowest BCUT2D eigenvalue weighted by molar-refractivity contribution is 0.637. The lowest BCUT2D eigenvalue weighted by Crippen LogP contribution is -2.03. The Balaban J connectivity index is 2.15. The molecule has 3 nitrogen and oxygen atoms in total. The standard InChI is InChI=1S/C14H21N3/c1-2-17-13-9-6-5-8-12(13)16-14(17)10-4-3-7-11-15/h5-6,8-9H,2-4,7,10-11,15H2,1H3. The zero-order chi connectivity index (χ0) is 12.1. The number of aryl methyl sites for hydroxylation is 2. The molecule has 1 aromatic carbocycles. The monoisotopic (exact) mass is 231 g/mol. The third-order valence-corrected chi connectivity index (χ3v) is 3.15. The Morgan fingerprint density at radius 1 is 1.18 bits per heavy atom. The van der Waals surface area contributed by atoms with Gasteiger partial charge in [0.15, 0.2) is 0 Å². The average molecular weight is 231 g/mol. The number of para-hydroxylation sites is 2. The highest BCUT2D eigenvalue weighted by atomic mass is 15.1. The summed E-state index contributed by atoms with van der Waals surface area (Å²) in [5, 5.41) is 0. The topological polar surface area (TPSA) is 43.8 Å². The zero-order valence-corrected chi connectivity index (χ0v) is 10.5. The Kier molecular flexibility index (Phi) is 4.15. The number of benzene rings is 1. The van der Waals surface area contributed by atoms with E-state index in [1.54, 1.807) is 0 Å². The molecule has 0 spiro atoms. The summed E-state index contributed by atoms with van der Waals surface area (Å²) in [4.78, 5) is 4.71. The van der Waals surface area contributed by atoms with Gasteiger partial charge in [0.2, 0.25) is 0 Å². The second kappa shape index (κ2) is 5.82. The molecule has 0 fully saturated rings. The van der Waals surface area contributed by atoms with Crippen molar-refractivity contribution < 1.29 is 0 Å². The molecule has 17 heavy (non-hydrogen) atoms. The smallest absolute Gasteiger partial charge is 0.109 e. The molecule has 0 amide bonds. The van der Waals surface area contributed by atoms with Crippen molar-refractivity contribution in [2.45, 2.75) is 39.2 Å². The molecule has 92 valence electrons. The maximum absolute atomic E-state index is 5.50. The van der Waals surface area contributed by atoms with E-state index in [-0.39, 0.29) is 0 Å². The minimum Gasteiger partial charge on any atom is -0.330 e. The third-order valence-electron chi connectivity index (χ3n) is 3.15. The number of fused-ring (bicyclic) bond motifs is 1. The Morgan fingerprint density at radius 2 is 2.00 bits per heavy atom. The molecule has 3 heteroatoms. The van der Waals surface area contributed by atoms with Crippen LogP contribution in [-0.2, 0) is 13.0 Å². The van der Waals surface area contributed by atoms with Crippen LogP contribution in [0.4, 0.5) is 0 Å². The molecule has 0 saturated carbocycles. The first kappa shape index (κ1) is 12.1. The molecule has 1 heterocycles. The summed E-state index contributed by atoms with van der Waals surface area (Å²) >= 11 is 0. The molecule has 0 atom stereocenters. The molecular formula is C14H21N3. The Morgan fingerprint density at radius 3 is 2.76 bits per heavy atom. The van der Waals surface area contributed by atoms with Crippen LogP contribution in [0.1, 0.15) is 32.0 Å². The zero-order valence-electron chi connectivity index (χ0n) is 10.5. The van der Waals surface area contributed by atoms with Gasteiger partial charge in [0.25, 0.3) is 0 Å². The average Bonchev–Trinajstić information content (AvgIpc) is 2.72. The van der Waals surface area contributed by atoms with Crippen molar-refractivity contribution in [3.8, 4) is 0 Å². The van der Waals surface area contributed by atoms with Crippen LogP contribution in [-0.4, -0.2) is 16.1 Å². The minimum atomic E-state index is 0.796. The third kappa shape index (κ3) is 2.67. The van der Waals surface area contributed by atoms with Gasteiger partial charge in [0.05, 0.1) is 11.0 Å². The van der Waals surface area contributed by atoms with E-state index >= 15 is 0 Å². The summed E-state index contributed by atoms with van der Waals surface area (Å²) in [5.41, 5.74) is 7.87. The van der Waals surface area contributed by atoms with Gasteiger partial charge in [0.1, 0.15) is 5.82 Å². The quantitative estimate of drug-likeness (QED) is 0.777. The van der Waals surface area contributed by atoms with Crippen molar-refractivity contribution in [1.82, 2.24) is 9.55 Å². The van der Waals surface area contributed by atoms with E-state index in [9.17, 15) is 0 Å². The predicted molar refractivity (Wildman–Crippen MR) is 72.0 cm³/mol. The maximum Gasteiger partial charge on any atom is 0.109 e. The van der Waals surface area contributed by atoms with Gasteiger partial charge in [-0.3, -0.25) is 0 Å². The molecule has 2 N–H and O–H groups in total. The van der Waals surface area contributed by atoms with E-state index in [0.717, 1.165) is 31.4 Å². The number of hydrogen-bond donors (Lipinski definition) is 1. The van der Waals surface area contributed by atoms with Gasteiger partial charge < -0.3 is 10.3 Å². The largest absolute Gasteiger partial charge is 0.330 e. The number of unbranched alkanes of at least 4 members (excludes halogenated alkanes) is 2. The lowest BCUT2D eigenvalue weighted by Gasteiger charge is -2.05. The summed E-state index contributed by atoms with van der Waals surface area (Å²) in [6.07, 6.45) is 4.55. The van der Waals surface area contributed by atoms with Gasteiger partial charge in [-0.15, -0.1) is 0 Å². The summed E-state index contributed by atoms with van der Waals surface area (Å²) in [6.45, 7) is 3.97. The minimum absolute atomic E-state index is 0.796. The van der Waals surface area contributed by atoms with Crippen molar-refractivity contribution in [3.63, 3.8) is 0 Å². The number of rotatable bonds is 6. The summed E-state index contributed by atoms with van der Waals surface area (Å²) < 4.78 is 2.32. The second-order valence-electron chi connectivity index (χ2n) is 4.36. The van der Waals surface area contributed by atoms with E-state index in [0.29, 0.717) is 0 Å². The normalized spacial score (nSPS) is 11.2. The van der Waals surface area contributed by atoms with Crippen LogP contribution in [0.25, 0.3) is 11.0 Å². The van der Waals surface area contributed by atoms with Gasteiger partial charge in [-0.2, -0.15) is 0 Å². The summed E-state index contributed by atoms with van der Waals surface area (Å²) in [6, 6.07) is 8.36. The molecule has 2 aromatic rings. The molecule has 0 aliphatic rings. The SMILES string of the molecule is CCn1c(CCCCCN)nc2ccccc21. The van der Waals surface area contributed by atoms with Crippen molar-refractivity contribution in [1.29, 1.82) is 0 Å². The van der Waals surface area contributed by atoms with E-state index in [1.807, 2.05) is 6.07 Å². The van der Waals surface area contributed by atoms with Gasteiger partial charge in [-0.05, 0) is 38.4 Å². The lowest BCUT2D eigenvalue weighted by atomic mass is 10.2. The molecule has 0 unspecified atom stereocenters. The first-order valence-corrected chi connectivity index (χ1v) is 6.51. The van der Waals surface area contributed by atoms with E-state index in [1.165, 1.54) is 24.2 Å². The number of hydrogen-bond acceptors (Lipinski definition) is 2. The van der Waals surface area contributed by atoms with E-state index in [4.69, 9.17) is 10.7 Å². The highest BCUT2D eigenvalue weighted by molar-refractivity contribution is 5.75. The van der Waals surface area contributed by atoms with Crippen molar-refractivity contribution in [2.75, 3.05) is 6.54 Å². The first-order valence-electron chi connectivity index (χ1n) is 6.51. The van der Waals surface area contributed by atoms with Gasteiger partial charge in [-0.25, -0.2) is 4.98 Å². The molecular weight excluding hydrogens is 210 g/mol. The van der Waals surface area contributed by atoms with Gasteiger partial charge >= 0.3 is 0 Å². The van der Waals surface area contributed by atoms with Crippen LogP contribution >= 0.6 is 0 Å². The summed E-state index contributed by atoms with van der Waals surface area (Å²) in [5.74, 6) is 1.21. The van der Waals surface area contributed by atoms with Crippen LogP contribution in [0.5, 0.6) is 0 Å².